The number of hydrogen-bond acceptors (Lipinski definition) is 4. The molecular formula is C23H21N5O. The molecule has 5 rings (SSSR count). The Labute approximate surface area is 168 Å². The van der Waals surface area contributed by atoms with Gasteiger partial charge in [-0.1, -0.05) is 54.6 Å². The highest BCUT2D eigenvalue weighted by Gasteiger charge is 2.34. The minimum Gasteiger partial charge on any atom is -0.364 e. The lowest BCUT2D eigenvalue weighted by Crippen LogP contribution is -2.43. The lowest BCUT2D eigenvalue weighted by molar-refractivity contribution is 0.0994. The van der Waals surface area contributed by atoms with Crippen molar-refractivity contribution in [3.05, 3.63) is 78.2 Å². The van der Waals surface area contributed by atoms with E-state index < -0.39 is 5.91 Å². The number of rotatable bonds is 4. The topological polar surface area (TPSA) is 99.3 Å². The first-order chi connectivity index (χ1) is 14.0. The van der Waals surface area contributed by atoms with Crippen LogP contribution in [0.1, 0.15) is 35.3 Å². The van der Waals surface area contributed by atoms with Crippen LogP contribution in [0.3, 0.4) is 0 Å². The third-order valence-corrected chi connectivity index (χ3v) is 5.82. The lowest BCUT2D eigenvalue weighted by atomic mass is 9.72. The maximum Gasteiger partial charge on any atom is 0.267 e. The van der Waals surface area contributed by atoms with Crippen LogP contribution in [0, 0.1) is 0 Å². The van der Waals surface area contributed by atoms with Gasteiger partial charge in [0.25, 0.3) is 5.91 Å². The molecule has 0 spiro atoms. The number of imidazole rings is 1. The molecule has 4 N–H and O–H groups in total. The Morgan fingerprint density at radius 2 is 1.72 bits per heavy atom. The fourth-order valence-corrected chi connectivity index (χ4v) is 3.95. The zero-order valence-corrected chi connectivity index (χ0v) is 15.9. The number of benzene rings is 2. The number of carbonyl (C=O) groups excluding carboxylic acids is 1. The Morgan fingerprint density at radius 3 is 2.34 bits per heavy atom. The number of carbonyl (C=O) groups is 1. The summed E-state index contributed by atoms with van der Waals surface area (Å²) in [6.07, 6.45) is 6.56. The van der Waals surface area contributed by atoms with Crippen molar-refractivity contribution in [1.29, 1.82) is 0 Å². The van der Waals surface area contributed by atoms with Gasteiger partial charge >= 0.3 is 0 Å². The van der Waals surface area contributed by atoms with E-state index in [-0.39, 0.29) is 5.54 Å². The van der Waals surface area contributed by atoms with Gasteiger partial charge in [-0.05, 0) is 30.4 Å². The van der Waals surface area contributed by atoms with E-state index in [9.17, 15) is 4.79 Å². The van der Waals surface area contributed by atoms with Gasteiger partial charge in [0.1, 0.15) is 5.69 Å². The van der Waals surface area contributed by atoms with Crippen LogP contribution in [0.15, 0.2) is 67.0 Å². The van der Waals surface area contributed by atoms with Gasteiger partial charge < -0.3 is 11.5 Å². The third-order valence-electron chi connectivity index (χ3n) is 5.82. The quantitative estimate of drug-likeness (QED) is 0.563. The molecule has 2 aromatic heterocycles. The van der Waals surface area contributed by atoms with Gasteiger partial charge in [0.2, 0.25) is 5.78 Å². The molecule has 1 fully saturated rings. The Kier molecular flexibility index (Phi) is 3.96. The molecule has 0 atom stereocenters. The van der Waals surface area contributed by atoms with E-state index >= 15 is 0 Å². The Hall–Kier alpha value is -3.51. The first kappa shape index (κ1) is 17.6. The summed E-state index contributed by atoms with van der Waals surface area (Å²) in [4.78, 5) is 20.8. The van der Waals surface area contributed by atoms with Crippen LogP contribution >= 0.6 is 0 Å². The van der Waals surface area contributed by atoms with Gasteiger partial charge in [0.15, 0.2) is 0 Å². The second-order valence-corrected chi connectivity index (χ2v) is 7.63. The fourth-order valence-electron chi connectivity index (χ4n) is 3.95. The van der Waals surface area contributed by atoms with Gasteiger partial charge in [-0.15, -0.1) is 0 Å². The Bertz CT molecular complexity index is 1210. The van der Waals surface area contributed by atoms with Crippen molar-refractivity contribution >= 4 is 11.7 Å². The van der Waals surface area contributed by atoms with Gasteiger partial charge in [0.05, 0.1) is 11.9 Å². The summed E-state index contributed by atoms with van der Waals surface area (Å²) in [5.74, 6) is -0.101. The van der Waals surface area contributed by atoms with E-state index in [1.807, 2.05) is 36.5 Å². The molecule has 4 aromatic rings. The molecule has 1 saturated carbocycles. The van der Waals surface area contributed by atoms with Gasteiger partial charge in [-0.3, -0.25) is 9.20 Å². The number of nitrogens with zero attached hydrogens (tertiary/aromatic N) is 3. The van der Waals surface area contributed by atoms with Crippen molar-refractivity contribution in [1.82, 2.24) is 14.4 Å². The summed E-state index contributed by atoms with van der Waals surface area (Å²) < 4.78 is 1.64. The van der Waals surface area contributed by atoms with Crippen molar-refractivity contribution in [2.45, 2.75) is 24.8 Å². The summed E-state index contributed by atoms with van der Waals surface area (Å²) >= 11 is 0. The standard InChI is InChI=1S/C23H21N5O/c24-21(29)19-13-26-22-27-20(18(14-28(19)22)15-5-2-1-3-6-15)16-7-9-17(10-8-16)23(25)11-4-12-23/h1-3,5-10,13-14H,4,11-12,25H2,(H2,24,29). The molecule has 2 heterocycles. The summed E-state index contributed by atoms with van der Waals surface area (Å²) in [7, 11) is 0. The van der Waals surface area contributed by atoms with Crippen LogP contribution in [-0.4, -0.2) is 20.3 Å². The number of aromatic nitrogens is 3. The van der Waals surface area contributed by atoms with E-state index in [4.69, 9.17) is 16.5 Å². The van der Waals surface area contributed by atoms with E-state index in [0.29, 0.717) is 11.5 Å². The molecule has 1 aliphatic carbocycles. The molecule has 1 amide bonds. The average Bonchev–Trinajstić information content (AvgIpc) is 3.15. The predicted molar refractivity (Wildman–Crippen MR) is 112 cm³/mol. The summed E-state index contributed by atoms with van der Waals surface area (Å²) in [6, 6.07) is 18.3. The molecule has 6 nitrogen and oxygen atoms in total. The van der Waals surface area contributed by atoms with Crippen molar-refractivity contribution in [3.8, 4) is 22.4 Å². The number of amides is 1. The second kappa shape index (κ2) is 6.53. The maximum absolute atomic E-state index is 11.8. The van der Waals surface area contributed by atoms with E-state index in [2.05, 4.69) is 29.2 Å². The van der Waals surface area contributed by atoms with E-state index in [1.165, 1.54) is 12.6 Å². The molecule has 0 saturated heterocycles. The minimum atomic E-state index is -0.538. The number of hydrogen-bond donors (Lipinski definition) is 2. The van der Waals surface area contributed by atoms with Gasteiger partial charge in [-0.25, -0.2) is 9.97 Å². The molecule has 0 radical (unpaired) electrons. The first-order valence-corrected chi connectivity index (χ1v) is 9.68. The van der Waals surface area contributed by atoms with Crippen LogP contribution < -0.4 is 11.5 Å². The van der Waals surface area contributed by atoms with Crippen LogP contribution in [0.4, 0.5) is 0 Å². The van der Waals surface area contributed by atoms with Crippen LogP contribution in [-0.2, 0) is 5.54 Å². The monoisotopic (exact) mass is 383 g/mol. The molecule has 1 aliphatic rings. The minimum absolute atomic E-state index is 0.197. The van der Waals surface area contributed by atoms with E-state index in [1.54, 1.807) is 4.40 Å². The summed E-state index contributed by atoms with van der Waals surface area (Å²) in [5, 5.41) is 0. The normalized spacial score (nSPS) is 15.2. The lowest BCUT2D eigenvalue weighted by Gasteiger charge is -2.38. The molecule has 29 heavy (non-hydrogen) atoms. The SMILES string of the molecule is NC(=O)c1cnc2nc(-c3ccc(C4(N)CCC4)cc3)c(-c3ccccc3)cn12. The summed E-state index contributed by atoms with van der Waals surface area (Å²) in [6.45, 7) is 0. The summed E-state index contributed by atoms with van der Waals surface area (Å²) in [5.41, 5.74) is 16.9. The maximum atomic E-state index is 11.8. The number of fused-ring (bicyclic) bond motifs is 1. The largest absolute Gasteiger partial charge is 0.364 e. The Balaban J connectivity index is 1.69. The molecule has 0 bridgehead atoms. The zero-order valence-electron chi connectivity index (χ0n) is 15.9. The fraction of sp³-hybridized carbons (Fsp3) is 0.174. The zero-order chi connectivity index (χ0) is 20.0. The van der Waals surface area contributed by atoms with Crippen molar-refractivity contribution < 1.29 is 4.79 Å². The molecule has 144 valence electrons. The predicted octanol–water partition coefficient (Wildman–Crippen LogP) is 3.50. The van der Waals surface area contributed by atoms with Crippen LogP contribution in [0.5, 0.6) is 0 Å². The van der Waals surface area contributed by atoms with E-state index in [0.717, 1.165) is 40.8 Å². The molecule has 0 aliphatic heterocycles. The average molecular weight is 383 g/mol. The Morgan fingerprint density at radius 1 is 1.00 bits per heavy atom. The molecule has 6 heteroatoms. The molecular weight excluding hydrogens is 362 g/mol. The van der Waals surface area contributed by atoms with Crippen molar-refractivity contribution in [2.75, 3.05) is 0 Å². The molecule has 0 unspecified atom stereocenters. The van der Waals surface area contributed by atoms with Crippen LogP contribution in [0.25, 0.3) is 28.2 Å². The third kappa shape index (κ3) is 2.89. The smallest absolute Gasteiger partial charge is 0.267 e. The van der Waals surface area contributed by atoms with Gasteiger partial charge in [0, 0.05) is 22.9 Å². The van der Waals surface area contributed by atoms with Crippen molar-refractivity contribution in [3.63, 3.8) is 0 Å². The highest BCUT2D eigenvalue weighted by molar-refractivity contribution is 5.92. The van der Waals surface area contributed by atoms with Gasteiger partial charge in [-0.2, -0.15) is 0 Å². The van der Waals surface area contributed by atoms with Crippen molar-refractivity contribution in [2.24, 2.45) is 11.5 Å². The number of nitrogens with two attached hydrogens (primary N) is 2. The molecule has 2 aromatic carbocycles. The highest BCUT2D eigenvalue weighted by atomic mass is 16.1. The highest BCUT2D eigenvalue weighted by Crippen LogP contribution is 2.39. The first-order valence-electron chi connectivity index (χ1n) is 9.68. The van der Waals surface area contributed by atoms with Crippen LogP contribution in [0.2, 0.25) is 0 Å². The number of primary amides is 1. The second-order valence-electron chi connectivity index (χ2n) is 7.63.